The number of imidazole rings is 1. The Bertz CT molecular complexity index is 454. The molecule has 0 amide bonds. The summed E-state index contributed by atoms with van der Waals surface area (Å²) < 4.78 is 1.95. The maximum Gasteiger partial charge on any atom is 0.233 e. The van der Waals surface area contributed by atoms with E-state index in [-0.39, 0.29) is 12.5 Å². The van der Waals surface area contributed by atoms with Gasteiger partial charge in [-0.1, -0.05) is 6.92 Å². The van der Waals surface area contributed by atoms with Crippen molar-refractivity contribution in [1.82, 2.24) is 19.7 Å². The molecule has 0 saturated heterocycles. The molecule has 2 rings (SSSR count). The van der Waals surface area contributed by atoms with Crippen LogP contribution < -0.4 is 5.32 Å². The van der Waals surface area contributed by atoms with Crippen LogP contribution in [0.15, 0.2) is 24.7 Å². The van der Waals surface area contributed by atoms with Crippen molar-refractivity contribution in [3.05, 3.63) is 30.4 Å². The predicted molar refractivity (Wildman–Crippen MR) is 60.9 cm³/mol. The molecule has 5 heteroatoms. The smallest absolute Gasteiger partial charge is 0.233 e. The molecule has 1 unspecified atom stereocenters. The Morgan fingerprint density at radius 3 is 3.19 bits per heavy atom. The summed E-state index contributed by atoms with van der Waals surface area (Å²) in [5.41, 5.74) is 1.08. The summed E-state index contributed by atoms with van der Waals surface area (Å²) in [5, 5.41) is 12.2. The molecule has 0 radical (unpaired) electrons. The van der Waals surface area contributed by atoms with Crippen LogP contribution in [0, 0.1) is 5.92 Å². The summed E-state index contributed by atoms with van der Waals surface area (Å²) in [7, 11) is 0. The number of aliphatic hydroxyl groups is 1. The van der Waals surface area contributed by atoms with Gasteiger partial charge in [-0.15, -0.1) is 0 Å². The second-order valence-electron chi connectivity index (χ2n) is 3.96. The molecule has 86 valence electrons. The number of nitrogens with one attached hydrogen (secondary N) is 1. The normalized spacial score (nSPS) is 13.1. The van der Waals surface area contributed by atoms with Gasteiger partial charge in [-0.25, -0.2) is 9.97 Å². The van der Waals surface area contributed by atoms with E-state index in [1.807, 2.05) is 29.8 Å². The Kier molecular flexibility index (Phi) is 3.48. The number of nitrogens with zero attached hydrogens (tertiary/aromatic N) is 3. The fraction of sp³-hybridized carbons (Fsp3) is 0.455. The highest BCUT2D eigenvalue weighted by Crippen LogP contribution is 2.03. The van der Waals surface area contributed by atoms with Gasteiger partial charge in [0.2, 0.25) is 5.78 Å². The monoisotopic (exact) mass is 220 g/mol. The standard InChI is InChI=1S/C11H16N4O/c1-9(8-16)5-12-6-10-7-14-11-13-3-2-4-15(10)11/h2-4,7,9,12,16H,5-6,8H2,1H3. The van der Waals surface area contributed by atoms with Gasteiger partial charge in [-0.3, -0.25) is 4.40 Å². The lowest BCUT2D eigenvalue weighted by Gasteiger charge is -2.08. The summed E-state index contributed by atoms with van der Waals surface area (Å²) in [6, 6.07) is 1.88. The minimum Gasteiger partial charge on any atom is -0.396 e. The summed E-state index contributed by atoms with van der Waals surface area (Å²) in [4.78, 5) is 8.34. The van der Waals surface area contributed by atoms with E-state index in [0.29, 0.717) is 0 Å². The van der Waals surface area contributed by atoms with Crippen molar-refractivity contribution >= 4 is 5.78 Å². The molecule has 5 nitrogen and oxygen atoms in total. The Labute approximate surface area is 94.2 Å². The zero-order valence-electron chi connectivity index (χ0n) is 9.30. The summed E-state index contributed by atoms with van der Waals surface area (Å²) in [6.45, 7) is 3.74. The van der Waals surface area contributed by atoms with E-state index in [1.54, 1.807) is 6.20 Å². The fourth-order valence-electron chi connectivity index (χ4n) is 1.52. The molecule has 2 aromatic rings. The number of fused-ring (bicyclic) bond motifs is 1. The van der Waals surface area contributed by atoms with Crippen LogP contribution in [0.5, 0.6) is 0 Å². The number of aromatic nitrogens is 3. The summed E-state index contributed by atoms with van der Waals surface area (Å²) >= 11 is 0. The van der Waals surface area contributed by atoms with Crippen molar-refractivity contribution in [1.29, 1.82) is 0 Å². The van der Waals surface area contributed by atoms with Crippen molar-refractivity contribution in [2.75, 3.05) is 13.2 Å². The third-order valence-electron chi connectivity index (χ3n) is 2.48. The molecule has 0 aliphatic heterocycles. The predicted octanol–water partition coefficient (Wildman–Crippen LogP) is 0.447. The van der Waals surface area contributed by atoms with E-state index >= 15 is 0 Å². The molecule has 1 atom stereocenters. The molecule has 2 aromatic heterocycles. The highest BCUT2D eigenvalue weighted by Gasteiger charge is 2.03. The van der Waals surface area contributed by atoms with Gasteiger partial charge in [-0.05, 0) is 12.0 Å². The molecule has 0 fully saturated rings. The second-order valence-corrected chi connectivity index (χ2v) is 3.96. The molecule has 0 aliphatic carbocycles. The Morgan fingerprint density at radius 1 is 1.50 bits per heavy atom. The van der Waals surface area contributed by atoms with Gasteiger partial charge in [0.1, 0.15) is 0 Å². The second kappa shape index (κ2) is 5.05. The van der Waals surface area contributed by atoms with E-state index in [1.165, 1.54) is 0 Å². The minimum absolute atomic E-state index is 0.210. The van der Waals surface area contributed by atoms with Gasteiger partial charge in [0.25, 0.3) is 0 Å². The largest absolute Gasteiger partial charge is 0.396 e. The molecular weight excluding hydrogens is 204 g/mol. The molecule has 0 saturated carbocycles. The topological polar surface area (TPSA) is 62.5 Å². The van der Waals surface area contributed by atoms with E-state index < -0.39 is 0 Å². The van der Waals surface area contributed by atoms with Crippen LogP contribution in [-0.4, -0.2) is 32.6 Å². The maximum atomic E-state index is 8.90. The van der Waals surface area contributed by atoms with Gasteiger partial charge in [0, 0.05) is 32.1 Å². The van der Waals surface area contributed by atoms with Gasteiger partial charge in [0.15, 0.2) is 0 Å². The highest BCUT2D eigenvalue weighted by atomic mass is 16.3. The van der Waals surface area contributed by atoms with Crippen LogP contribution in [0.3, 0.4) is 0 Å². The lowest BCUT2D eigenvalue weighted by molar-refractivity contribution is 0.233. The first kappa shape index (κ1) is 11.0. The molecule has 0 bridgehead atoms. The number of hydrogen-bond acceptors (Lipinski definition) is 4. The van der Waals surface area contributed by atoms with Crippen LogP contribution in [0.4, 0.5) is 0 Å². The zero-order chi connectivity index (χ0) is 11.4. The van der Waals surface area contributed by atoms with Crippen LogP contribution in [0.1, 0.15) is 12.6 Å². The molecule has 0 aromatic carbocycles. The van der Waals surface area contributed by atoms with Crippen molar-refractivity contribution in [2.45, 2.75) is 13.5 Å². The first-order valence-corrected chi connectivity index (χ1v) is 5.40. The lowest BCUT2D eigenvalue weighted by Crippen LogP contribution is -2.23. The minimum atomic E-state index is 0.210. The average Bonchev–Trinajstić information content (AvgIpc) is 2.73. The van der Waals surface area contributed by atoms with Gasteiger partial charge >= 0.3 is 0 Å². The number of rotatable bonds is 5. The molecule has 0 aliphatic rings. The Hall–Kier alpha value is -1.46. The maximum absolute atomic E-state index is 8.90. The average molecular weight is 220 g/mol. The van der Waals surface area contributed by atoms with Crippen molar-refractivity contribution in [3.8, 4) is 0 Å². The van der Waals surface area contributed by atoms with Gasteiger partial charge in [0.05, 0.1) is 11.9 Å². The van der Waals surface area contributed by atoms with E-state index in [2.05, 4.69) is 15.3 Å². The Morgan fingerprint density at radius 2 is 2.38 bits per heavy atom. The highest BCUT2D eigenvalue weighted by molar-refractivity contribution is 5.30. The van der Waals surface area contributed by atoms with Gasteiger partial charge in [-0.2, -0.15) is 0 Å². The molecule has 16 heavy (non-hydrogen) atoms. The Balaban J connectivity index is 1.99. The van der Waals surface area contributed by atoms with E-state index in [0.717, 1.165) is 24.6 Å². The van der Waals surface area contributed by atoms with Crippen LogP contribution >= 0.6 is 0 Å². The van der Waals surface area contributed by atoms with Crippen molar-refractivity contribution in [3.63, 3.8) is 0 Å². The van der Waals surface area contributed by atoms with Gasteiger partial charge < -0.3 is 10.4 Å². The first-order valence-electron chi connectivity index (χ1n) is 5.40. The zero-order valence-corrected chi connectivity index (χ0v) is 9.30. The van der Waals surface area contributed by atoms with Crippen LogP contribution in [0.25, 0.3) is 5.78 Å². The van der Waals surface area contributed by atoms with Crippen molar-refractivity contribution < 1.29 is 5.11 Å². The summed E-state index contributed by atoms with van der Waals surface area (Å²) in [5.74, 6) is 0.992. The molecular formula is C11H16N4O. The summed E-state index contributed by atoms with van der Waals surface area (Å²) in [6.07, 6.45) is 5.49. The lowest BCUT2D eigenvalue weighted by atomic mass is 10.2. The first-order chi connectivity index (χ1) is 7.81. The third kappa shape index (κ3) is 2.37. The van der Waals surface area contributed by atoms with E-state index in [9.17, 15) is 0 Å². The fourth-order valence-corrected chi connectivity index (χ4v) is 1.52. The van der Waals surface area contributed by atoms with Crippen LogP contribution in [0.2, 0.25) is 0 Å². The van der Waals surface area contributed by atoms with E-state index in [4.69, 9.17) is 5.11 Å². The molecule has 2 heterocycles. The number of hydrogen-bond donors (Lipinski definition) is 2. The quantitative estimate of drug-likeness (QED) is 0.768. The third-order valence-corrected chi connectivity index (χ3v) is 2.48. The van der Waals surface area contributed by atoms with Crippen molar-refractivity contribution in [2.24, 2.45) is 5.92 Å². The SMILES string of the molecule is CC(CO)CNCc1cnc2ncccn12. The van der Waals surface area contributed by atoms with Crippen LogP contribution in [-0.2, 0) is 6.54 Å². The molecule has 0 spiro atoms. The number of aliphatic hydroxyl groups excluding tert-OH is 1. The molecule has 2 N–H and O–H groups in total.